The van der Waals surface area contributed by atoms with Crippen LogP contribution in [0, 0.1) is 0 Å². The Hall–Kier alpha value is -1.68. The normalized spacial score (nSPS) is 14.2. The number of rotatable bonds is 7. The second-order valence-corrected chi connectivity index (χ2v) is 5.30. The number of pyridine rings is 1. The molecule has 2 unspecified atom stereocenters. The standard InChI is InChI=1S/C16H24N4/c1-4-13(2)20-9-7-15(19-20)11-16(17-3)10-14-6-5-8-18-12-14/h5-9,12-13,16-17H,4,10-11H2,1-3H3. The molecule has 0 bridgehead atoms. The molecule has 4 heteroatoms. The van der Waals surface area contributed by atoms with E-state index in [0.29, 0.717) is 12.1 Å². The van der Waals surface area contributed by atoms with Gasteiger partial charge < -0.3 is 5.32 Å². The van der Waals surface area contributed by atoms with Crippen LogP contribution in [-0.4, -0.2) is 27.9 Å². The van der Waals surface area contributed by atoms with Crippen molar-refractivity contribution in [3.63, 3.8) is 0 Å². The van der Waals surface area contributed by atoms with E-state index in [1.54, 1.807) is 0 Å². The first-order valence-corrected chi connectivity index (χ1v) is 7.33. The van der Waals surface area contributed by atoms with Crippen LogP contribution in [0.4, 0.5) is 0 Å². The first-order chi connectivity index (χ1) is 9.72. The van der Waals surface area contributed by atoms with Crippen molar-refractivity contribution in [1.29, 1.82) is 0 Å². The quantitative estimate of drug-likeness (QED) is 0.842. The maximum Gasteiger partial charge on any atom is 0.0640 e. The summed E-state index contributed by atoms with van der Waals surface area (Å²) in [7, 11) is 2.01. The lowest BCUT2D eigenvalue weighted by Crippen LogP contribution is -2.30. The predicted octanol–water partition coefficient (Wildman–Crippen LogP) is 2.62. The van der Waals surface area contributed by atoms with Gasteiger partial charge in [0.05, 0.1) is 5.69 Å². The molecule has 1 N–H and O–H groups in total. The zero-order chi connectivity index (χ0) is 14.4. The lowest BCUT2D eigenvalue weighted by molar-refractivity contribution is 0.467. The Labute approximate surface area is 121 Å². The summed E-state index contributed by atoms with van der Waals surface area (Å²) in [5.74, 6) is 0. The molecule has 2 aromatic heterocycles. The van der Waals surface area contributed by atoms with Crippen LogP contribution in [0.3, 0.4) is 0 Å². The average Bonchev–Trinajstić information content (AvgIpc) is 2.95. The van der Waals surface area contributed by atoms with E-state index < -0.39 is 0 Å². The lowest BCUT2D eigenvalue weighted by Gasteiger charge is -2.15. The molecule has 0 saturated carbocycles. The molecule has 2 heterocycles. The van der Waals surface area contributed by atoms with Gasteiger partial charge in [-0.3, -0.25) is 9.67 Å². The van der Waals surface area contributed by atoms with Crippen molar-refractivity contribution in [2.24, 2.45) is 0 Å². The van der Waals surface area contributed by atoms with E-state index in [1.807, 2.05) is 25.5 Å². The van der Waals surface area contributed by atoms with Gasteiger partial charge in [0.15, 0.2) is 0 Å². The molecule has 2 atom stereocenters. The molecule has 0 saturated heterocycles. The van der Waals surface area contributed by atoms with E-state index in [1.165, 1.54) is 5.56 Å². The third-order valence-electron chi connectivity index (χ3n) is 3.77. The highest BCUT2D eigenvalue weighted by Gasteiger charge is 2.11. The zero-order valence-electron chi connectivity index (χ0n) is 12.6. The largest absolute Gasteiger partial charge is 0.316 e. The summed E-state index contributed by atoms with van der Waals surface area (Å²) in [5.41, 5.74) is 2.40. The van der Waals surface area contributed by atoms with Crippen LogP contribution in [0.5, 0.6) is 0 Å². The summed E-state index contributed by atoms with van der Waals surface area (Å²) in [5, 5.41) is 8.05. The molecule has 2 aromatic rings. The molecule has 108 valence electrons. The van der Waals surface area contributed by atoms with Crippen molar-refractivity contribution in [2.75, 3.05) is 7.05 Å². The highest BCUT2D eigenvalue weighted by molar-refractivity contribution is 5.12. The lowest BCUT2D eigenvalue weighted by atomic mass is 10.0. The molecule has 0 fully saturated rings. The van der Waals surface area contributed by atoms with Gasteiger partial charge in [-0.2, -0.15) is 5.10 Å². The summed E-state index contributed by atoms with van der Waals surface area (Å²) >= 11 is 0. The predicted molar refractivity (Wildman–Crippen MR) is 81.7 cm³/mol. The average molecular weight is 272 g/mol. The van der Waals surface area contributed by atoms with Crippen LogP contribution in [0.25, 0.3) is 0 Å². The van der Waals surface area contributed by atoms with Crippen molar-refractivity contribution < 1.29 is 0 Å². The summed E-state index contributed by atoms with van der Waals surface area (Å²) in [6.45, 7) is 4.38. The summed E-state index contributed by atoms with van der Waals surface area (Å²) in [6.07, 6.45) is 8.84. The van der Waals surface area contributed by atoms with E-state index in [9.17, 15) is 0 Å². The fraction of sp³-hybridized carbons (Fsp3) is 0.500. The Morgan fingerprint density at radius 3 is 2.80 bits per heavy atom. The second kappa shape index (κ2) is 7.20. The molecule has 0 aliphatic carbocycles. The fourth-order valence-corrected chi connectivity index (χ4v) is 2.25. The maximum atomic E-state index is 4.67. The topological polar surface area (TPSA) is 42.7 Å². The van der Waals surface area contributed by atoms with Crippen LogP contribution in [0.2, 0.25) is 0 Å². The van der Waals surface area contributed by atoms with E-state index in [-0.39, 0.29) is 0 Å². The molecule has 20 heavy (non-hydrogen) atoms. The zero-order valence-corrected chi connectivity index (χ0v) is 12.6. The minimum Gasteiger partial charge on any atom is -0.316 e. The first kappa shape index (κ1) is 14.7. The van der Waals surface area contributed by atoms with Gasteiger partial charge in [-0.15, -0.1) is 0 Å². The van der Waals surface area contributed by atoms with Gasteiger partial charge in [-0.25, -0.2) is 0 Å². The Morgan fingerprint density at radius 1 is 1.30 bits per heavy atom. The molecule has 4 nitrogen and oxygen atoms in total. The molecular formula is C16H24N4. The van der Waals surface area contributed by atoms with E-state index in [2.05, 4.69) is 52.3 Å². The van der Waals surface area contributed by atoms with Crippen molar-refractivity contribution >= 4 is 0 Å². The van der Waals surface area contributed by atoms with Crippen LogP contribution < -0.4 is 5.32 Å². The molecule has 0 aromatic carbocycles. The fourth-order valence-electron chi connectivity index (χ4n) is 2.25. The summed E-state index contributed by atoms with van der Waals surface area (Å²) < 4.78 is 2.06. The molecule has 0 radical (unpaired) electrons. The minimum atomic E-state index is 0.388. The van der Waals surface area contributed by atoms with Crippen LogP contribution in [-0.2, 0) is 12.8 Å². The number of hydrogen-bond acceptors (Lipinski definition) is 3. The van der Waals surface area contributed by atoms with Gasteiger partial charge >= 0.3 is 0 Å². The minimum absolute atomic E-state index is 0.388. The van der Waals surface area contributed by atoms with Crippen LogP contribution >= 0.6 is 0 Å². The van der Waals surface area contributed by atoms with Gasteiger partial charge in [-0.05, 0) is 44.5 Å². The number of likely N-dealkylation sites (N-methyl/N-ethyl adjacent to an activating group) is 1. The van der Waals surface area contributed by atoms with E-state index in [0.717, 1.165) is 25.0 Å². The Bertz CT molecular complexity index is 506. The molecule has 0 amide bonds. The molecular weight excluding hydrogens is 248 g/mol. The number of aromatic nitrogens is 3. The highest BCUT2D eigenvalue weighted by Crippen LogP contribution is 2.11. The van der Waals surface area contributed by atoms with Crippen LogP contribution in [0.15, 0.2) is 36.8 Å². The maximum absolute atomic E-state index is 4.67. The summed E-state index contributed by atoms with van der Waals surface area (Å²) in [4.78, 5) is 4.17. The van der Waals surface area contributed by atoms with Gasteiger partial charge in [-0.1, -0.05) is 13.0 Å². The van der Waals surface area contributed by atoms with Crippen molar-refractivity contribution in [3.05, 3.63) is 48.0 Å². The molecule has 2 rings (SSSR count). The van der Waals surface area contributed by atoms with Crippen molar-refractivity contribution in [2.45, 2.75) is 45.2 Å². The number of nitrogens with one attached hydrogen (secondary N) is 1. The Morgan fingerprint density at radius 2 is 2.15 bits per heavy atom. The Balaban J connectivity index is 1.98. The third-order valence-corrected chi connectivity index (χ3v) is 3.77. The monoisotopic (exact) mass is 272 g/mol. The van der Waals surface area contributed by atoms with Crippen LogP contribution in [0.1, 0.15) is 37.6 Å². The SMILES string of the molecule is CCC(C)n1ccc(CC(Cc2cccnc2)NC)n1. The molecule has 0 aliphatic heterocycles. The highest BCUT2D eigenvalue weighted by atomic mass is 15.3. The number of hydrogen-bond donors (Lipinski definition) is 1. The first-order valence-electron chi connectivity index (χ1n) is 7.33. The Kier molecular flexibility index (Phi) is 5.30. The van der Waals surface area contributed by atoms with Gasteiger partial charge in [0, 0.05) is 37.1 Å². The van der Waals surface area contributed by atoms with E-state index >= 15 is 0 Å². The number of nitrogens with zero attached hydrogens (tertiary/aromatic N) is 3. The van der Waals surface area contributed by atoms with Gasteiger partial charge in [0.2, 0.25) is 0 Å². The van der Waals surface area contributed by atoms with E-state index in [4.69, 9.17) is 0 Å². The molecule has 0 aliphatic rings. The molecule has 0 spiro atoms. The van der Waals surface area contributed by atoms with Gasteiger partial charge in [0.25, 0.3) is 0 Å². The smallest absolute Gasteiger partial charge is 0.0640 e. The van der Waals surface area contributed by atoms with Gasteiger partial charge in [0.1, 0.15) is 0 Å². The second-order valence-electron chi connectivity index (χ2n) is 5.30. The third kappa shape index (κ3) is 3.90. The summed E-state index contributed by atoms with van der Waals surface area (Å²) in [6, 6.07) is 7.09. The van der Waals surface area contributed by atoms with Crippen molar-refractivity contribution in [3.8, 4) is 0 Å². The van der Waals surface area contributed by atoms with Crippen molar-refractivity contribution in [1.82, 2.24) is 20.1 Å².